The Morgan fingerprint density at radius 2 is 1.85 bits per heavy atom. The predicted molar refractivity (Wildman–Crippen MR) is 128 cm³/mol. The first-order valence-electron chi connectivity index (χ1n) is 11.4. The summed E-state index contributed by atoms with van der Waals surface area (Å²) in [7, 11) is 3.52. The van der Waals surface area contributed by atoms with Crippen LogP contribution in [0.1, 0.15) is 37.0 Å². The fourth-order valence-corrected chi connectivity index (χ4v) is 3.68. The van der Waals surface area contributed by atoms with Crippen LogP contribution in [0.15, 0.2) is 61.3 Å². The Morgan fingerprint density at radius 1 is 1.12 bits per heavy atom. The topological polar surface area (TPSA) is 72.9 Å². The molecule has 1 aliphatic rings. The van der Waals surface area contributed by atoms with Crippen LogP contribution in [0, 0.1) is 5.92 Å². The maximum atomic E-state index is 12.6. The molecular weight excluding hydrogens is 414 g/mol. The molecule has 0 spiro atoms. The van der Waals surface area contributed by atoms with E-state index < -0.39 is 0 Å². The van der Waals surface area contributed by atoms with Gasteiger partial charge in [-0.15, -0.1) is 0 Å². The van der Waals surface area contributed by atoms with Gasteiger partial charge in [0.25, 0.3) is 5.91 Å². The number of fused-ring (bicyclic) bond motifs is 1. The second kappa shape index (κ2) is 9.81. The number of hydrogen-bond donors (Lipinski definition) is 1. The van der Waals surface area contributed by atoms with Gasteiger partial charge in [-0.3, -0.25) is 14.3 Å². The molecule has 1 aromatic carbocycles. The summed E-state index contributed by atoms with van der Waals surface area (Å²) < 4.78 is 3.42. The molecule has 0 bridgehead atoms. The zero-order chi connectivity index (χ0) is 23.4. The van der Waals surface area contributed by atoms with Crippen molar-refractivity contribution in [1.82, 2.24) is 20.1 Å². The number of nitrogens with zero attached hydrogens (tertiary/aromatic N) is 4. The number of nitrogens with one attached hydrogen (secondary N) is 1. The monoisotopic (exact) mass is 444 g/mol. The van der Waals surface area contributed by atoms with E-state index >= 15 is 0 Å². The van der Waals surface area contributed by atoms with Crippen molar-refractivity contribution in [2.75, 3.05) is 13.7 Å². The van der Waals surface area contributed by atoms with Gasteiger partial charge in [0, 0.05) is 41.7 Å². The molecule has 0 aliphatic heterocycles. The van der Waals surface area contributed by atoms with E-state index in [0.29, 0.717) is 11.5 Å². The van der Waals surface area contributed by atoms with Gasteiger partial charge in [-0.25, -0.2) is 4.98 Å². The van der Waals surface area contributed by atoms with Gasteiger partial charge in [-0.2, -0.15) is 5.10 Å². The van der Waals surface area contributed by atoms with Crippen LogP contribution in [0.2, 0.25) is 0 Å². The van der Waals surface area contributed by atoms with E-state index in [9.17, 15) is 4.79 Å². The first kappa shape index (κ1) is 22.5. The summed E-state index contributed by atoms with van der Waals surface area (Å²) in [5.74, 6) is 0.551. The molecule has 7 nitrogen and oxygen atoms in total. The second-order valence-corrected chi connectivity index (χ2v) is 8.00. The Kier molecular flexibility index (Phi) is 6.68. The van der Waals surface area contributed by atoms with Crippen LogP contribution < -0.4 is 14.9 Å². The van der Waals surface area contributed by atoms with Crippen LogP contribution in [-0.4, -0.2) is 34.3 Å². The molecule has 1 amide bonds. The first-order chi connectivity index (χ1) is 16.1. The molecule has 0 atom stereocenters. The molecule has 0 radical (unpaired) electrons. The molecule has 1 aliphatic carbocycles. The fourth-order valence-electron chi connectivity index (χ4n) is 3.68. The highest BCUT2D eigenvalue weighted by molar-refractivity contribution is 6.00. The highest BCUT2D eigenvalue weighted by atomic mass is 16.6. The Balaban J connectivity index is 0.00000126. The largest absolute Gasteiger partial charge is 0.352 e. The van der Waals surface area contributed by atoms with Gasteiger partial charge < -0.3 is 5.32 Å². The Morgan fingerprint density at radius 3 is 2.48 bits per heavy atom. The van der Waals surface area contributed by atoms with Gasteiger partial charge in [-0.1, -0.05) is 38.1 Å². The lowest BCUT2D eigenvalue weighted by Gasteiger charge is -2.08. The van der Waals surface area contributed by atoms with Crippen LogP contribution >= 0.6 is 0 Å². The molecule has 33 heavy (non-hydrogen) atoms. The van der Waals surface area contributed by atoms with Gasteiger partial charge in [0.15, 0.2) is 0 Å². The van der Waals surface area contributed by atoms with E-state index in [1.54, 1.807) is 22.7 Å². The Labute approximate surface area is 194 Å². The van der Waals surface area contributed by atoms with Gasteiger partial charge in [0.05, 0.1) is 17.3 Å². The van der Waals surface area contributed by atoms with Crippen molar-refractivity contribution in [3.8, 4) is 22.3 Å². The highest BCUT2D eigenvalue weighted by Gasteiger charge is 2.22. The van der Waals surface area contributed by atoms with Crippen LogP contribution in [0.25, 0.3) is 33.2 Å². The van der Waals surface area contributed by atoms with Crippen LogP contribution in [-0.2, 0) is 7.05 Å². The molecule has 1 fully saturated rings. The zero-order valence-electron chi connectivity index (χ0n) is 19.6. The van der Waals surface area contributed by atoms with Crippen LogP contribution in [0.3, 0.4) is 0 Å². The average molecular weight is 445 g/mol. The minimum absolute atomic E-state index is 0.0809. The third-order valence-electron chi connectivity index (χ3n) is 5.67. The second-order valence-electron chi connectivity index (χ2n) is 8.00. The third kappa shape index (κ3) is 5.03. The number of carbonyl (C=O) groups excluding carboxylic acids is 1. The van der Waals surface area contributed by atoms with E-state index in [1.165, 1.54) is 12.8 Å². The summed E-state index contributed by atoms with van der Waals surface area (Å²) in [6.07, 6.45) is 11.6. The quantitative estimate of drug-likeness (QED) is 0.459. The maximum absolute atomic E-state index is 12.6. The Hall–Kier alpha value is -3.74. The van der Waals surface area contributed by atoms with Crippen molar-refractivity contribution < 1.29 is 14.4 Å². The molecule has 4 aromatic rings. The number of benzene rings is 1. The van der Waals surface area contributed by atoms with Crippen molar-refractivity contribution in [1.29, 1.82) is 0 Å². The lowest BCUT2D eigenvalue weighted by atomic mass is 9.99. The van der Waals surface area contributed by atoms with E-state index in [-0.39, 0.29) is 5.91 Å². The SMILES string of the molecule is CC.CO[n+]1cc(-c2ccc(-c3cnn(C)c3)cc2)c2cc(C(=O)NCC3CC3)cnc2c1. The van der Waals surface area contributed by atoms with Crippen LogP contribution in [0.4, 0.5) is 0 Å². The minimum atomic E-state index is -0.0809. The maximum Gasteiger partial charge on any atom is 0.252 e. The van der Waals surface area contributed by atoms with Crippen molar-refractivity contribution in [2.24, 2.45) is 13.0 Å². The van der Waals surface area contributed by atoms with Crippen molar-refractivity contribution in [3.63, 3.8) is 0 Å². The summed E-state index contributed by atoms with van der Waals surface area (Å²) in [6, 6.07) is 10.2. The molecule has 1 saturated carbocycles. The number of hydrogen-bond acceptors (Lipinski definition) is 4. The van der Waals surface area contributed by atoms with Crippen molar-refractivity contribution in [2.45, 2.75) is 26.7 Å². The number of aromatic nitrogens is 4. The summed E-state index contributed by atoms with van der Waals surface area (Å²) in [5.41, 5.74) is 5.44. The number of aryl methyl sites for hydroxylation is 1. The number of amides is 1. The van der Waals surface area contributed by atoms with Crippen LogP contribution in [0.5, 0.6) is 0 Å². The molecule has 7 heteroatoms. The molecule has 3 aromatic heterocycles. The average Bonchev–Trinajstić information content (AvgIpc) is 3.60. The summed E-state index contributed by atoms with van der Waals surface area (Å²) in [5, 5.41) is 8.17. The van der Waals surface area contributed by atoms with E-state index in [4.69, 9.17) is 4.84 Å². The van der Waals surface area contributed by atoms with Crippen molar-refractivity contribution >= 4 is 16.8 Å². The Bertz CT molecular complexity index is 1260. The molecule has 170 valence electrons. The predicted octanol–water partition coefficient (Wildman–Crippen LogP) is 3.81. The molecule has 5 rings (SSSR count). The smallest absolute Gasteiger partial charge is 0.252 e. The lowest BCUT2D eigenvalue weighted by Crippen LogP contribution is -2.40. The van der Waals surface area contributed by atoms with Crippen molar-refractivity contribution in [3.05, 3.63) is 66.9 Å². The zero-order valence-corrected chi connectivity index (χ0v) is 19.6. The van der Waals surface area contributed by atoms with Gasteiger partial charge in [0.1, 0.15) is 12.6 Å². The summed E-state index contributed by atoms with van der Waals surface area (Å²) in [6.45, 7) is 4.73. The molecular formula is C26H30N5O2+. The van der Waals surface area contributed by atoms with E-state index in [0.717, 1.165) is 39.7 Å². The van der Waals surface area contributed by atoms with E-state index in [2.05, 4.69) is 39.7 Å². The normalized spacial score (nSPS) is 12.7. The lowest BCUT2D eigenvalue weighted by molar-refractivity contribution is -0.884. The fraction of sp³-hybridized carbons (Fsp3) is 0.308. The standard InChI is InChI=1S/C24H23N5O2.C2H6/c1-28-13-20(12-27-28)17-5-7-18(8-6-17)22-14-29(31-2)15-23-21(22)9-19(11-25-23)24(30)26-10-16-3-4-16;1-2/h5-9,11-16H,3-4,10H2,1-2H3;1-2H3/p+1. The first-order valence-corrected chi connectivity index (χ1v) is 11.4. The minimum Gasteiger partial charge on any atom is -0.352 e. The molecule has 0 saturated heterocycles. The summed E-state index contributed by atoms with van der Waals surface area (Å²) >= 11 is 0. The van der Waals surface area contributed by atoms with E-state index in [1.807, 2.05) is 51.7 Å². The number of rotatable bonds is 6. The highest BCUT2D eigenvalue weighted by Crippen LogP contribution is 2.30. The van der Waals surface area contributed by atoms with Gasteiger partial charge in [-0.05, 0) is 36.0 Å². The molecule has 0 unspecified atom stereocenters. The van der Waals surface area contributed by atoms with Gasteiger partial charge >= 0.3 is 0 Å². The third-order valence-corrected chi connectivity index (χ3v) is 5.67. The number of pyridine rings is 2. The van der Waals surface area contributed by atoms with Gasteiger partial charge in [0.2, 0.25) is 12.4 Å². The number of carbonyl (C=O) groups is 1. The molecule has 1 N–H and O–H groups in total. The molecule has 3 heterocycles. The summed E-state index contributed by atoms with van der Waals surface area (Å²) in [4.78, 5) is 22.6.